The molecule has 0 bridgehead atoms. The van der Waals surface area contributed by atoms with Crippen LogP contribution in [0.15, 0.2) is 70.7 Å². The fourth-order valence-electron chi connectivity index (χ4n) is 5.19. The fourth-order valence-corrected chi connectivity index (χ4v) is 5.50. The molecular weight excluding hydrogens is 420 g/mol. The van der Waals surface area contributed by atoms with E-state index in [1.54, 1.807) is 0 Å². The number of ketones is 1. The van der Waals surface area contributed by atoms with Crippen molar-refractivity contribution in [3.8, 4) is 0 Å². The minimum Gasteiger partial charge on any atom is -0.293 e. The Morgan fingerprint density at radius 3 is 2.45 bits per heavy atom. The summed E-state index contributed by atoms with van der Waals surface area (Å²) >= 11 is 3.70. The lowest BCUT2D eigenvalue weighted by atomic mass is 9.71. The first-order valence-corrected chi connectivity index (χ1v) is 11.0. The molecule has 3 aromatic carbocycles. The van der Waals surface area contributed by atoms with Gasteiger partial charge in [-0.15, -0.1) is 0 Å². The van der Waals surface area contributed by atoms with Crippen LogP contribution in [0.5, 0.6) is 0 Å². The number of rotatable bonds is 3. The molecule has 0 aromatic heterocycles. The molecule has 0 saturated heterocycles. The van der Waals surface area contributed by atoms with Crippen molar-refractivity contribution in [3.05, 3.63) is 110 Å². The Bertz CT molecular complexity index is 1170. The molecule has 5 rings (SSSR count). The molecule has 1 nitrogen and oxygen atoms in total. The minimum absolute atomic E-state index is 0.286. The molecule has 0 amide bonds. The molecule has 1 unspecified atom stereocenters. The van der Waals surface area contributed by atoms with Crippen LogP contribution in [0.2, 0.25) is 0 Å². The number of fused-ring (bicyclic) bond motifs is 2. The van der Waals surface area contributed by atoms with E-state index >= 15 is 0 Å². The highest BCUT2D eigenvalue weighted by Gasteiger charge is 2.49. The van der Waals surface area contributed by atoms with Crippen LogP contribution in [-0.2, 0) is 19.3 Å². The van der Waals surface area contributed by atoms with Crippen LogP contribution in [-0.4, -0.2) is 5.78 Å². The van der Waals surface area contributed by atoms with Gasteiger partial charge in [-0.05, 0) is 66.5 Å². The highest BCUT2D eigenvalue weighted by Crippen LogP contribution is 2.50. The predicted octanol–water partition coefficient (Wildman–Crippen LogP) is 6.67. The molecule has 0 fully saturated rings. The summed E-state index contributed by atoms with van der Waals surface area (Å²) in [7, 11) is 0. The van der Waals surface area contributed by atoms with E-state index in [2.05, 4.69) is 90.5 Å². The van der Waals surface area contributed by atoms with Crippen LogP contribution >= 0.6 is 15.9 Å². The molecular formula is C27H23BrO. The van der Waals surface area contributed by atoms with Gasteiger partial charge in [0.15, 0.2) is 5.78 Å². The molecule has 0 N–H and O–H groups in total. The molecule has 2 aliphatic carbocycles. The van der Waals surface area contributed by atoms with Crippen molar-refractivity contribution in [2.45, 2.75) is 33.1 Å². The fraction of sp³-hybridized carbons (Fsp3) is 0.222. The number of Topliss-reactive ketones (excluding diaryl/α,β-unsaturated/α-hetero) is 1. The van der Waals surface area contributed by atoms with E-state index in [-0.39, 0.29) is 5.78 Å². The van der Waals surface area contributed by atoms with Crippen molar-refractivity contribution in [1.29, 1.82) is 0 Å². The zero-order chi connectivity index (χ0) is 20.2. The topological polar surface area (TPSA) is 17.1 Å². The lowest BCUT2D eigenvalue weighted by Crippen LogP contribution is -2.33. The van der Waals surface area contributed by atoms with Gasteiger partial charge in [0.1, 0.15) is 0 Å². The highest BCUT2D eigenvalue weighted by molar-refractivity contribution is 9.10. The maximum Gasteiger partial charge on any atom is 0.174 e. The largest absolute Gasteiger partial charge is 0.293 e. The van der Waals surface area contributed by atoms with Crippen molar-refractivity contribution < 1.29 is 4.79 Å². The molecule has 0 aliphatic heterocycles. The Balaban J connectivity index is 1.67. The lowest BCUT2D eigenvalue weighted by Gasteiger charge is -2.30. The van der Waals surface area contributed by atoms with Gasteiger partial charge >= 0.3 is 0 Å². The summed E-state index contributed by atoms with van der Waals surface area (Å²) in [5.74, 6) is 0.286. The molecule has 3 aromatic rings. The summed E-state index contributed by atoms with van der Waals surface area (Å²) < 4.78 is 1.06. The molecule has 144 valence electrons. The Hall–Kier alpha value is -2.45. The standard InChI is InChI=1S/C27H23BrO/c1-17-12-22-16-27(15-19-8-4-3-5-9-19,26(29)24(22)18(2)25(17)28)23-13-20-10-6-7-11-21(20)14-23/h3-13H,14-16H2,1-2H3. The quantitative estimate of drug-likeness (QED) is 0.442. The van der Waals surface area contributed by atoms with Crippen LogP contribution in [0.1, 0.15) is 43.7 Å². The summed E-state index contributed by atoms with van der Waals surface area (Å²) in [6, 6.07) is 21.2. The van der Waals surface area contributed by atoms with E-state index in [4.69, 9.17) is 0 Å². The number of carbonyl (C=O) groups is 1. The summed E-state index contributed by atoms with van der Waals surface area (Å²) in [4.78, 5) is 14.1. The van der Waals surface area contributed by atoms with Gasteiger partial charge in [0.25, 0.3) is 0 Å². The van der Waals surface area contributed by atoms with Gasteiger partial charge in [-0.3, -0.25) is 4.79 Å². The minimum atomic E-state index is -0.499. The summed E-state index contributed by atoms with van der Waals surface area (Å²) in [6.45, 7) is 4.19. The third-order valence-electron chi connectivity index (χ3n) is 6.65. The van der Waals surface area contributed by atoms with Gasteiger partial charge in [-0.1, -0.05) is 88.2 Å². The summed E-state index contributed by atoms with van der Waals surface area (Å²) in [6.07, 6.45) is 4.67. The zero-order valence-electron chi connectivity index (χ0n) is 16.8. The molecule has 0 radical (unpaired) electrons. The van der Waals surface area contributed by atoms with Crippen molar-refractivity contribution >= 4 is 27.8 Å². The Morgan fingerprint density at radius 1 is 0.966 bits per heavy atom. The van der Waals surface area contributed by atoms with Crippen LogP contribution in [0.3, 0.4) is 0 Å². The van der Waals surface area contributed by atoms with Crippen LogP contribution < -0.4 is 0 Å². The van der Waals surface area contributed by atoms with E-state index < -0.39 is 5.41 Å². The summed E-state index contributed by atoms with van der Waals surface area (Å²) in [5.41, 5.74) is 8.97. The number of hydrogen-bond acceptors (Lipinski definition) is 1. The monoisotopic (exact) mass is 442 g/mol. The van der Waals surface area contributed by atoms with E-state index in [0.717, 1.165) is 34.9 Å². The molecule has 0 saturated carbocycles. The number of benzene rings is 3. The molecule has 0 heterocycles. The van der Waals surface area contributed by atoms with Gasteiger partial charge in [0.05, 0.1) is 5.41 Å². The van der Waals surface area contributed by atoms with Crippen LogP contribution in [0.4, 0.5) is 0 Å². The first-order valence-electron chi connectivity index (χ1n) is 10.2. The summed E-state index contributed by atoms with van der Waals surface area (Å²) in [5, 5.41) is 0. The Kier molecular flexibility index (Phi) is 4.36. The Labute approximate surface area is 180 Å². The molecule has 2 aliphatic rings. The molecule has 29 heavy (non-hydrogen) atoms. The SMILES string of the molecule is Cc1cc2c(c(C)c1Br)C(=O)C(Cc1ccccc1)(C1=Cc3ccccc3C1)C2. The third kappa shape index (κ3) is 2.85. The van der Waals surface area contributed by atoms with Crippen LogP contribution in [0.25, 0.3) is 6.08 Å². The van der Waals surface area contributed by atoms with Gasteiger partial charge in [0, 0.05) is 10.0 Å². The number of carbonyl (C=O) groups excluding carboxylic acids is 1. The lowest BCUT2D eigenvalue weighted by molar-refractivity contribution is 0.0861. The average molecular weight is 443 g/mol. The second kappa shape index (κ2) is 6.81. The highest BCUT2D eigenvalue weighted by atomic mass is 79.9. The molecule has 1 atom stereocenters. The predicted molar refractivity (Wildman–Crippen MR) is 122 cm³/mol. The smallest absolute Gasteiger partial charge is 0.174 e. The van der Waals surface area contributed by atoms with E-state index in [0.29, 0.717) is 0 Å². The van der Waals surface area contributed by atoms with Crippen molar-refractivity contribution in [3.63, 3.8) is 0 Å². The second-order valence-corrected chi connectivity index (χ2v) is 9.26. The van der Waals surface area contributed by atoms with Gasteiger partial charge in [-0.25, -0.2) is 0 Å². The maximum absolute atomic E-state index is 14.1. The number of allylic oxidation sites excluding steroid dienone is 1. The normalized spacial score (nSPS) is 19.8. The van der Waals surface area contributed by atoms with Gasteiger partial charge < -0.3 is 0 Å². The average Bonchev–Trinajstić information content (AvgIpc) is 3.27. The van der Waals surface area contributed by atoms with Gasteiger partial charge in [0.2, 0.25) is 0 Å². The van der Waals surface area contributed by atoms with Crippen LogP contribution in [0, 0.1) is 19.3 Å². The first kappa shape index (κ1) is 18.6. The van der Waals surface area contributed by atoms with Crippen molar-refractivity contribution in [2.24, 2.45) is 5.41 Å². The first-order chi connectivity index (χ1) is 14.0. The van der Waals surface area contributed by atoms with Crippen molar-refractivity contribution in [1.82, 2.24) is 0 Å². The number of aryl methyl sites for hydroxylation is 1. The van der Waals surface area contributed by atoms with Crippen molar-refractivity contribution in [2.75, 3.05) is 0 Å². The van der Waals surface area contributed by atoms with E-state index in [1.807, 2.05) is 6.07 Å². The van der Waals surface area contributed by atoms with E-state index in [9.17, 15) is 4.79 Å². The maximum atomic E-state index is 14.1. The van der Waals surface area contributed by atoms with E-state index in [1.165, 1.54) is 33.4 Å². The number of hydrogen-bond donors (Lipinski definition) is 0. The molecule has 0 spiro atoms. The third-order valence-corrected chi connectivity index (χ3v) is 7.87. The Morgan fingerprint density at radius 2 is 1.69 bits per heavy atom. The number of halogens is 1. The molecule has 2 heteroatoms. The second-order valence-electron chi connectivity index (χ2n) is 8.46. The zero-order valence-corrected chi connectivity index (χ0v) is 18.3. The van der Waals surface area contributed by atoms with Gasteiger partial charge in [-0.2, -0.15) is 0 Å².